The number of benzene rings is 2. The number of allylic oxidation sites excluding steroid dienone is 8. The molecule has 572 valence electrons. The highest BCUT2D eigenvalue weighted by Gasteiger charge is 2.63. The standard InChI is InChI=1S/C41H52F2N4O7.C39H48F2N4O7/c1-6-9-21-39(4,5)26-53-38(51)46-31-20-14-12-10-11-13-17-27-23-40(27,37(50)52-8-3)24-33(48)32-22-28(25-47(32)36(31)49)54-35-34(41(42,43)7-2)44-29-18-15-16-19-30(29)45-35;1-4-50-35(48)38-21-25(38)14-8-6-5-7-9-17-29-34(47)45-23-26(20-30(45)31(46)22-38)52-33-32(42-27-15-10-11-16-28(27)43-33)39(40,41)19-13-12-18-37(2,3)24-51-36(49)44-29/h6-7,13,15-19,27-28,31-32H,1-2,8-12,14,20-26H2,3-5H3,(H,46,51);8,10-11,13-16,19,25-26,29-30H,4-7,9,12,17-18,20-24H2,1-3H3,(H,44,49)/b17-13-;14-8-,19-13+/t27-,28-,31+,32+,40-;25-,26-,29+,30+,38-/m11/s1. The Hall–Kier alpha value is -9.10. The second-order valence-electron chi connectivity index (χ2n) is 30.6. The number of amides is 4. The molecule has 106 heavy (non-hydrogen) atoms. The molecule has 2 saturated heterocycles. The van der Waals surface area contributed by atoms with E-state index in [1.165, 1.54) is 15.9 Å². The minimum absolute atomic E-state index is 0.00550. The molecular weight excluding hydrogens is 1370 g/mol. The van der Waals surface area contributed by atoms with Gasteiger partial charge in [0.25, 0.3) is 0 Å². The molecule has 2 saturated carbocycles. The van der Waals surface area contributed by atoms with Gasteiger partial charge < -0.3 is 48.9 Å². The van der Waals surface area contributed by atoms with Gasteiger partial charge in [-0.3, -0.25) is 28.8 Å². The maximum Gasteiger partial charge on any atom is 0.407 e. The summed E-state index contributed by atoms with van der Waals surface area (Å²) in [5.41, 5.74) is -3.28. The zero-order valence-corrected chi connectivity index (χ0v) is 61.6. The average Bonchev–Trinajstić information content (AvgIpc) is 1.57. The van der Waals surface area contributed by atoms with Crippen molar-refractivity contribution in [2.45, 2.75) is 218 Å². The Labute approximate surface area is 616 Å². The first-order valence-corrected chi connectivity index (χ1v) is 37.3. The number of carbonyl (C=O) groups excluding carboxylic acids is 8. The fourth-order valence-corrected chi connectivity index (χ4v) is 14.8. The lowest BCUT2D eigenvalue weighted by Crippen LogP contribution is -2.52. The van der Waals surface area contributed by atoms with Crippen LogP contribution in [0.3, 0.4) is 0 Å². The smallest absolute Gasteiger partial charge is 0.407 e. The van der Waals surface area contributed by atoms with Gasteiger partial charge in [-0.05, 0) is 150 Å². The highest BCUT2D eigenvalue weighted by Crippen LogP contribution is 2.59. The van der Waals surface area contributed by atoms with Gasteiger partial charge in [-0.25, -0.2) is 29.5 Å². The second kappa shape index (κ2) is 34.2. The van der Waals surface area contributed by atoms with Crippen LogP contribution in [0.1, 0.15) is 181 Å². The van der Waals surface area contributed by atoms with E-state index in [1.807, 2.05) is 52.0 Å². The second-order valence-corrected chi connectivity index (χ2v) is 30.6. The summed E-state index contributed by atoms with van der Waals surface area (Å²) in [4.78, 5) is 131. The van der Waals surface area contributed by atoms with Crippen molar-refractivity contribution in [1.82, 2.24) is 40.4 Å². The van der Waals surface area contributed by atoms with Gasteiger partial charge in [-0.15, -0.1) is 6.58 Å². The Bertz CT molecular complexity index is 4010. The number of alkyl halides is 4. The predicted octanol–water partition coefficient (Wildman–Crippen LogP) is 14.0. The van der Waals surface area contributed by atoms with Crippen molar-refractivity contribution in [3.63, 3.8) is 0 Å². The van der Waals surface area contributed by atoms with Gasteiger partial charge in [0, 0.05) is 25.7 Å². The number of rotatable bonds is 14. The summed E-state index contributed by atoms with van der Waals surface area (Å²) in [6.07, 6.45) is 18.2. The molecule has 22 nitrogen and oxygen atoms in total. The van der Waals surface area contributed by atoms with Gasteiger partial charge in [-0.2, -0.15) is 17.6 Å². The molecule has 0 spiro atoms. The van der Waals surface area contributed by atoms with Crippen LogP contribution in [0.2, 0.25) is 0 Å². The van der Waals surface area contributed by atoms with Crippen LogP contribution in [0, 0.1) is 33.5 Å². The van der Waals surface area contributed by atoms with Crippen molar-refractivity contribution in [3.05, 3.63) is 122 Å². The maximum absolute atomic E-state index is 16.0. The minimum atomic E-state index is -3.60. The van der Waals surface area contributed by atoms with Crippen LogP contribution in [-0.4, -0.2) is 153 Å². The zero-order valence-electron chi connectivity index (χ0n) is 61.6. The van der Waals surface area contributed by atoms with Gasteiger partial charge in [0.1, 0.15) is 24.3 Å². The van der Waals surface area contributed by atoms with Crippen molar-refractivity contribution in [2.24, 2.45) is 33.5 Å². The number of nitrogens with zero attached hydrogens (tertiary/aromatic N) is 6. The molecular formula is C80H100F4N8O14. The van der Waals surface area contributed by atoms with Crippen molar-refractivity contribution in [2.75, 3.05) is 39.5 Å². The Morgan fingerprint density at radius 3 is 1.90 bits per heavy atom. The Balaban J connectivity index is 0.000000227. The fraction of sp³-hybridized carbons (Fsp3) is 0.575. The van der Waals surface area contributed by atoms with Gasteiger partial charge in [0.05, 0.1) is 84.5 Å². The molecule has 2 aromatic carbocycles. The van der Waals surface area contributed by atoms with Crippen LogP contribution >= 0.6 is 0 Å². The molecule has 0 unspecified atom stereocenters. The lowest BCUT2D eigenvalue weighted by Gasteiger charge is -2.30. The molecule has 7 heterocycles. The first-order valence-electron chi connectivity index (χ1n) is 37.3. The van der Waals surface area contributed by atoms with Crippen molar-refractivity contribution < 1.29 is 84.3 Å². The fourth-order valence-electron chi connectivity index (χ4n) is 14.8. The number of ketones is 2. The summed E-state index contributed by atoms with van der Waals surface area (Å²) in [5, 5.41) is 5.52. The number of nitrogens with one attached hydrogen (secondary N) is 2. The van der Waals surface area contributed by atoms with Gasteiger partial charge in [-0.1, -0.05) is 121 Å². The highest BCUT2D eigenvalue weighted by atomic mass is 19.3. The number of hydrogen-bond acceptors (Lipinski definition) is 18. The number of esters is 2. The van der Waals surface area contributed by atoms with Crippen LogP contribution in [-0.2, 0) is 59.6 Å². The predicted molar refractivity (Wildman–Crippen MR) is 386 cm³/mol. The van der Waals surface area contributed by atoms with E-state index in [0.717, 1.165) is 57.4 Å². The van der Waals surface area contributed by atoms with E-state index >= 15 is 17.6 Å². The first kappa shape index (κ1) is 79.5. The summed E-state index contributed by atoms with van der Waals surface area (Å²) < 4.78 is 96.8. The number of para-hydroxylation sites is 4. The normalized spacial score (nSPS) is 28.2. The van der Waals surface area contributed by atoms with Crippen molar-refractivity contribution in [1.29, 1.82) is 0 Å². The molecule has 10 atom stereocenters. The van der Waals surface area contributed by atoms with Crippen LogP contribution in [0.4, 0.5) is 27.2 Å². The third-order valence-corrected chi connectivity index (χ3v) is 21.1. The molecule has 3 bridgehead atoms. The first-order chi connectivity index (χ1) is 50.5. The minimum Gasteiger partial charge on any atom is -0.471 e. The van der Waals surface area contributed by atoms with E-state index in [4.69, 9.17) is 28.4 Å². The van der Waals surface area contributed by atoms with Crippen LogP contribution in [0.25, 0.3) is 22.1 Å². The van der Waals surface area contributed by atoms with Crippen LogP contribution in [0.5, 0.6) is 11.8 Å². The molecule has 26 heteroatoms. The van der Waals surface area contributed by atoms with E-state index in [0.29, 0.717) is 55.6 Å². The summed E-state index contributed by atoms with van der Waals surface area (Å²) in [7, 11) is 0. The molecule has 2 aromatic heterocycles. The highest BCUT2D eigenvalue weighted by molar-refractivity contribution is 5.98. The van der Waals surface area contributed by atoms with E-state index in [1.54, 1.807) is 68.5 Å². The lowest BCUT2D eigenvalue weighted by atomic mass is 9.89. The SMILES string of the molecule is C=CCCC(C)(C)COC(=O)N[C@H]1CCCCC/C=C\[C@@H]2C[C@@]2(C(=O)OCC)CC(=O)[C@@H]2C[C@@H](Oc3nc4ccccc4nc3C(F)(F)C=C)CN2C1=O.CCOC(=O)[C@]12CC(=O)[C@@H]3C[C@@H]4CN3C(=O)[C@H](CCCCC/C=C\[C@@H]1C2)NC(=O)OCC(C)(C)CC/C=C/C(F)(F)c1nc2ccccc2nc1O4. The number of alkyl carbamates (subject to hydrolysis) is 2. The molecule has 11 rings (SSSR count). The maximum atomic E-state index is 16.0. The third kappa shape index (κ3) is 19.4. The number of Topliss-reactive ketones (excluding diaryl/α,β-unsaturated/α-hetero) is 2. The van der Waals surface area contributed by atoms with Crippen molar-refractivity contribution in [3.8, 4) is 11.8 Å². The van der Waals surface area contributed by atoms with E-state index in [2.05, 4.69) is 43.7 Å². The number of carbonyl (C=O) groups is 8. The molecule has 2 N–H and O–H groups in total. The lowest BCUT2D eigenvalue weighted by molar-refractivity contribution is -0.153. The van der Waals surface area contributed by atoms with Crippen molar-refractivity contribution >= 4 is 69.6 Å². The van der Waals surface area contributed by atoms with Crippen LogP contribution in [0.15, 0.2) is 110 Å². The quantitative estimate of drug-likeness (QED) is 0.0514. The number of fused-ring (bicyclic) bond motifs is 8. The number of hydrogen-bond donors (Lipinski definition) is 2. The molecule has 4 aromatic rings. The Kier molecular flexibility index (Phi) is 25.6. The Morgan fingerprint density at radius 2 is 1.29 bits per heavy atom. The van der Waals surface area contributed by atoms with E-state index in [9.17, 15) is 38.4 Å². The molecule has 2 aliphatic carbocycles. The summed E-state index contributed by atoms with van der Waals surface area (Å²) in [5.74, 6) is -11.1. The average molecular weight is 1470 g/mol. The summed E-state index contributed by atoms with van der Waals surface area (Å²) in [6, 6.07) is 8.94. The number of cyclic esters (lactones) is 1. The zero-order chi connectivity index (χ0) is 76.2. The molecule has 4 fully saturated rings. The molecule has 5 aliphatic heterocycles. The van der Waals surface area contributed by atoms with Gasteiger partial charge in [0.15, 0.2) is 23.0 Å². The molecule has 7 aliphatic rings. The number of halogens is 4. The monoisotopic (exact) mass is 1470 g/mol. The van der Waals surface area contributed by atoms with Crippen LogP contribution < -0.4 is 20.1 Å². The number of aromatic nitrogens is 4. The van der Waals surface area contributed by atoms with Gasteiger partial charge in [0.2, 0.25) is 23.6 Å². The molecule has 4 amide bonds. The van der Waals surface area contributed by atoms with Gasteiger partial charge >= 0.3 is 36.0 Å². The molecule has 0 radical (unpaired) electrons. The van der Waals surface area contributed by atoms with E-state index in [-0.39, 0.29) is 118 Å². The third-order valence-electron chi connectivity index (χ3n) is 21.1. The van der Waals surface area contributed by atoms with E-state index < -0.39 is 124 Å². The largest absolute Gasteiger partial charge is 0.471 e. The number of ether oxygens (including phenoxy) is 6. The topological polar surface area (TPSA) is 274 Å². The Morgan fingerprint density at radius 1 is 0.717 bits per heavy atom. The summed E-state index contributed by atoms with van der Waals surface area (Å²) >= 11 is 0. The summed E-state index contributed by atoms with van der Waals surface area (Å²) in [6.45, 7) is 18.2.